The summed E-state index contributed by atoms with van der Waals surface area (Å²) in [5.41, 5.74) is 0. The second-order valence-electron chi connectivity index (χ2n) is 0.642. The molecule has 0 saturated carbocycles. The number of rotatable bonds is 2. The topological polar surface area (TPSA) is 32.3 Å². The van der Waals surface area contributed by atoms with Crippen molar-refractivity contribution in [2.75, 3.05) is 6.54 Å². The van der Waals surface area contributed by atoms with Crippen LogP contribution in [-0.2, 0) is 0 Å². The van der Waals surface area contributed by atoms with Gasteiger partial charge in [0.05, 0.1) is 0 Å². The molecule has 0 aromatic heterocycles. The third kappa shape index (κ3) is 4.72. The Morgan fingerprint density at radius 3 is 2.60 bits per heavy atom. The fourth-order valence-electron chi connectivity index (χ4n) is 0.0791. The van der Waals surface area contributed by atoms with Crippen LogP contribution in [0.3, 0.4) is 0 Å². The van der Waals surface area contributed by atoms with E-state index in [1.807, 2.05) is 6.92 Å². The number of hydrogen-bond donors (Lipinski definition) is 2. The Morgan fingerprint density at radius 1 is 2.00 bits per heavy atom. The van der Waals surface area contributed by atoms with E-state index in [-0.39, 0.29) is 0 Å². The molecule has 0 amide bonds. The van der Waals surface area contributed by atoms with Crippen LogP contribution in [0.25, 0.3) is 0 Å². The second-order valence-corrected chi connectivity index (χ2v) is 2.29. The van der Waals surface area contributed by atoms with Crippen molar-refractivity contribution < 1.29 is 3.44 Å². The first-order valence-electron chi connectivity index (χ1n) is 1.53. The molecule has 0 aromatic rings. The molecule has 0 heterocycles. The molecule has 0 bridgehead atoms. The molecule has 0 spiro atoms. The molecule has 0 unspecified atom stereocenters. The van der Waals surface area contributed by atoms with Gasteiger partial charge in [0.15, 0.2) is 0 Å². The van der Waals surface area contributed by atoms with E-state index in [0.29, 0.717) is 0 Å². The molecule has 0 atom stereocenters. The van der Waals surface area contributed by atoms with Crippen LogP contribution in [0.1, 0.15) is 6.92 Å². The number of nitrogens with one attached hydrogen (secondary N) is 1. The van der Waals surface area contributed by atoms with Gasteiger partial charge in [-0.2, -0.15) is 0 Å². The molecule has 3 heteroatoms. The summed E-state index contributed by atoms with van der Waals surface area (Å²) in [5, 5.41) is 0. The molecule has 0 aromatic carbocycles. The van der Waals surface area contributed by atoms with Crippen molar-refractivity contribution in [2.24, 2.45) is 0 Å². The van der Waals surface area contributed by atoms with E-state index in [1.165, 1.54) is 0 Å². The maximum atomic E-state index is 8.13. The summed E-state index contributed by atoms with van der Waals surface area (Å²) in [7, 11) is 0. The second kappa shape index (κ2) is 4.72. The van der Waals surface area contributed by atoms with Gasteiger partial charge in [-0.25, -0.2) is 0 Å². The van der Waals surface area contributed by atoms with Gasteiger partial charge < -0.3 is 0 Å². The molecule has 2 radical (unpaired) electrons. The Kier molecular flexibility index (Phi) is 5.40. The quantitative estimate of drug-likeness (QED) is 0.540. The molecular formula is C2H7NOSn. The van der Waals surface area contributed by atoms with Gasteiger partial charge in [0, 0.05) is 0 Å². The van der Waals surface area contributed by atoms with E-state index >= 15 is 0 Å². The third-order valence-electron chi connectivity index (χ3n) is 0.256. The fourth-order valence-corrected chi connectivity index (χ4v) is 0.530. The molecule has 2 nitrogen and oxygen atoms in total. The zero-order valence-corrected chi connectivity index (χ0v) is 6.01. The summed E-state index contributed by atoms with van der Waals surface area (Å²) in [6.45, 7) is 2.90. The van der Waals surface area contributed by atoms with Crippen molar-refractivity contribution in [1.29, 1.82) is 0 Å². The molecule has 0 aliphatic carbocycles. The molecule has 2 N–H and O–H groups in total. The molecule has 30 valence electrons. The maximum absolute atomic E-state index is 8.13. The van der Waals surface area contributed by atoms with Crippen LogP contribution in [0, 0.1) is 0 Å². The van der Waals surface area contributed by atoms with Gasteiger partial charge in [0.2, 0.25) is 0 Å². The first kappa shape index (κ1) is 5.72. The minimum absolute atomic E-state index is 0.919. The zero-order valence-electron chi connectivity index (χ0n) is 3.15. The van der Waals surface area contributed by atoms with E-state index in [2.05, 4.69) is 3.54 Å². The van der Waals surface area contributed by atoms with Crippen LogP contribution in [-0.4, -0.2) is 31.8 Å². The predicted octanol–water partition coefficient (Wildman–Crippen LogP) is -0.878. The van der Waals surface area contributed by atoms with Crippen LogP contribution in [0.2, 0.25) is 0 Å². The van der Waals surface area contributed by atoms with Gasteiger partial charge in [0.1, 0.15) is 0 Å². The van der Waals surface area contributed by atoms with E-state index in [1.54, 1.807) is 0 Å². The molecular weight excluding hydrogens is 173 g/mol. The average molecular weight is 180 g/mol. The number of hydrogen-bond acceptors (Lipinski definition) is 2. The van der Waals surface area contributed by atoms with E-state index in [4.69, 9.17) is 3.44 Å². The molecule has 0 aliphatic rings. The fraction of sp³-hybridized carbons (Fsp3) is 1.00. The normalized spacial score (nSPS) is 8.40. The first-order chi connectivity index (χ1) is 2.41. The average Bonchev–Trinajstić information content (AvgIpc) is 1.41. The third-order valence-corrected chi connectivity index (χ3v) is 1.72. The van der Waals surface area contributed by atoms with Crippen molar-refractivity contribution in [3.63, 3.8) is 0 Å². The van der Waals surface area contributed by atoms with Crippen molar-refractivity contribution >= 4 is 21.8 Å². The summed E-state index contributed by atoms with van der Waals surface area (Å²) < 4.78 is 11.0. The Labute approximate surface area is 42.7 Å². The Balaban J connectivity index is 2.19. The summed E-state index contributed by atoms with van der Waals surface area (Å²) in [6, 6.07) is 0. The van der Waals surface area contributed by atoms with Gasteiger partial charge in [-0.1, -0.05) is 0 Å². The van der Waals surface area contributed by atoms with E-state index in [0.717, 1.165) is 6.54 Å². The minimum atomic E-state index is -1.04. The summed E-state index contributed by atoms with van der Waals surface area (Å²) >= 11 is -1.04. The van der Waals surface area contributed by atoms with Crippen molar-refractivity contribution in [3.05, 3.63) is 0 Å². The first-order valence-corrected chi connectivity index (χ1v) is 4.24. The van der Waals surface area contributed by atoms with Gasteiger partial charge in [-0.3, -0.25) is 0 Å². The van der Waals surface area contributed by atoms with Crippen molar-refractivity contribution in [1.82, 2.24) is 3.54 Å². The molecule has 5 heavy (non-hydrogen) atoms. The van der Waals surface area contributed by atoms with E-state index in [9.17, 15) is 0 Å². The predicted molar refractivity (Wildman–Crippen MR) is 21.6 cm³/mol. The molecule has 0 aliphatic heterocycles. The monoisotopic (exact) mass is 181 g/mol. The van der Waals surface area contributed by atoms with Gasteiger partial charge >= 0.3 is 42.3 Å². The summed E-state index contributed by atoms with van der Waals surface area (Å²) in [4.78, 5) is 0. The van der Waals surface area contributed by atoms with Gasteiger partial charge in [-0.15, -0.1) is 0 Å². The van der Waals surface area contributed by atoms with Crippen molar-refractivity contribution in [3.8, 4) is 0 Å². The van der Waals surface area contributed by atoms with Crippen LogP contribution in [0.4, 0.5) is 0 Å². The van der Waals surface area contributed by atoms with Crippen molar-refractivity contribution in [2.45, 2.75) is 6.92 Å². The van der Waals surface area contributed by atoms with Crippen LogP contribution < -0.4 is 3.54 Å². The van der Waals surface area contributed by atoms with Crippen LogP contribution in [0.5, 0.6) is 0 Å². The van der Waals surface area contributed by atoms with Gasteiger partial charge in [0.25, 0.3) is 0 Å². The Hall–Kier alpha value is 0.719. The van der Waals surface area contributed by atoms with E-state index < -0.39 is 21.8 Å². The van der Waals surface area contributed by atoms with Crippen LogP contribution >= 0.6 is 0 Å². The Morgan fingerprint density at radius 2 is 2.60 bits per heavy atom. The summed E-state index contributed by atoms with van der Waals surface area (Å²) in [5.74, 6) is 0. The Bertz CT molecular complexity index is 17.1. The van der Waals surface area contributed by atoms with Crippen LogP contribution in [0.15, 0.2) is 0 Å². The molecule has 0 saturated heterocycles. The molecule has 0 fully saturated rings. The standard InChI is InChI=1S/C2H6N.H2O.Sn/c1-2-3;;/h3H,2H2,1H3;1H2;/q-1;;+2/p-1. The van der Waals surface area contributed by atoms with Gasteiger partial charge in [-0.05, 0) is 0 Å². The summed E-state index contributed by atoms with van der Waals surface area (Å²) in [6.07, 6.45) is 0. The molecule has 0 rings (SSSR count). The SMILES string of the molecule is CC[NH][Sn][OH]. The zero-order chi connectivity index (χ0) is 4.12.